The molecule has 1 amide bonds. The van der Waals surface area contributed by atoms with Crippen LogP contribution in [0.3, 0.4) is 0 Å². The van der Waals surface area contributed by atoms with E-state index in [9.17, 15) is 15.0 Å². The lowest BCUT2D eigenvalue weighted by Crippen LogP contribution is -2.46. The van der Waals surface area contributed by atoms with Gasteiger partial charge in [-0.2, -0.15) is 0 Å². The average Bonchev–Trinajstić information content (AvgIpc) is 2.78. The number of aliphatic hydroxyl groups is 2. The van der Waals surface area contributed by atoms with Gasteiger partial charge in [-0.3, -0.25) is 4.79 Å². The summed E-state index contributed by atoms with van der Waals surface area (Å²) in [6.45, 7) is 0.554. The molecule has 1 aliphatic rings. The molecule has 3 rings (SSSR count). The predicted octanol–water partition coefficient (Wildman–Crippen LogP) is 2.16. The van der Waals surface area contributed by atoms with Crippen molar-refractivity contribution in [3.05, 3.63) is 54.1 Å². The van der Waals surface area contributed by atoms with Crippen molar-refractivity contribution >= 4 is 23.4 Å². The number of aliphatic hydroxyl groups excluding tert-OH is 2. The minimum absolute atomic E-state index is 0.126. The van der Waals surface area contributed by atoms with Crippen LogP contribution < -0.4 is 9.64 Å². The van der Waals surface area contributed by atoms with Crippen molar-refractivity contribution in [1.82, 2.24) is 4.90 Å². The van der Waals surface area contributed by atoms with Crippen LogP contribution in [0.1, 0.15) is 10.8 Å². The van der Waals surface area contributed by atoms with E-state index in [1.54, 1.807) is 7.11 Å². The molecule has 0 saturated heterocycles. The molecule has 1 heterocycles. The standard InChI is InChI=1S/C21H26N2O4S/c1-22(2)12-15(24)13-23-17-6-4-5-7-18(17)28-20(19(25)21(23)26)14-8-10-16(27-3)11-9-14/h4-11,15,19-20,24-25H,12-13H2,1-3H3/t15?,19-,20-/m0/s1. The fourth-order valence-electron chi connectivity index (χ4n) is 3.31. The minimum Gasteiger partial charge on any atom is -0.497 e. The van der Waals surface area contributed by atoms with Crippen LogP contribution in [0.2, 0.25) is 0 Å². The average molecular weight is 403 g/mol. The van der Waals surface area contributed by atoms with E-state index in [0.29, 0.717) is 12.2 Å². The molecule has 2 aromatic carbocycles. The van der Waals surface area contributed by atoms with Crippen LogP contribution in [0.4, 0.5) is 5.69 Å². The number of carbonyl (C=O) groups excluding carboxylic acids is 1. The van der Waals surface area contributed by atoms with E-state index >= 15 is 0 Å². The quantitative estimate of drug-likeness (QED) is 0.772. The predicted molar refractivity (Wildman–Crippen MR) is 111 cm³/mol. The fourth-order valence-corrected chi connectivity index (χ4v) is 4.58. The van der Waals surface area contributed by atoms with Gasteiger partial charge in [-0.15, -0.1) is 11.8 Å². The van der Waals surface area contributed by atoms with E-state index in [-0.39, 0.29) is 6.54 Å². The smallest absolute Gasteiger partial charge is 0.257 e. The Balaban J connectivity index is 1.94. The lowest BCUT2D eigenvalue weighted by atomic mass is 10.1. The van der Waals surface area contributed by atoms with Gasteiger partial charge in [0.2, 0.25) is 0 Å². The number of anilines is 1. The Morgan fingerprint density at radius 1 is 1.18 bits per heavy atom. The number of benzene rings is 2. The van der Waals surface area contributed by atoms with Gasteiger partial charge in [0.25, 0.3) is 5.91 Å². The van der Waals surface area contributed by atoms with Gasteiger partial charge in [0.05, 0.1) is 30.7 Å². The zero-order valence-corrected chi connectivity index (χ0v) is 17.1. The van der Waals surface area contributed by atoms with E-state index in [2.05, 4.69) is 0 Å². The largest absolute Gasteiger partial charge is 0.497 e. The van der Waals surface area contributed by atoms with Crippen LogP contribution in [0, 0.1) is 0 Å². The van der Waals surface area contributed by atoms with Gasteiger partial charge in [0, 0.05) is 11.4 Å². The first kappa shape index (κ1) is 20.7. The van der Waals surface area contributed by atoms with E-state index in [4.69, 9.17) is 4.74 Å². The summed E-state index contributed by atoms with van der Waals surface area (Å²) in [7, 11) is 5.33. The number of carbonyl (C=O) groups is 1. The molecule has 2 aromatic rings. The molecule has 3 atom stereocenters. The first-order chi connectivity index (χ1) is 13.4. The number of likely N-dealkylation sites (N-methyl/N-ethyl adjacent to an activating group) is 1. The number of methoxy groups -OCH3 is 1. The molecule has 0 saturated carbocycles. The Bertz CT molecular complexity index is 812. The number of rotatable bonds is 6. The molecular formula is C21H26N2O4S. The number of nitrogens with zero attached hydrogens (tertiary/aromatic N) is 2. The van der Waals surface area contributed by atoms with Crippen molar-refractivity contribution in [1.29, 1.82) is 0 Å². The first-order valence-corrected chi connectivity index (χ1v) is 10.0. The molecule has 0 fully saturated rings. The third-order valence-corrected chi connectivity index (χ3v) is 6.01. The third-order valence-electron chi connectivity index (χ3n) is 4.63. The molecule has 150 valence electrons. The van der Waals surface area contributed by atoms with Gasteiger partial charge in [-0.1, -0.05) is 24.3 Å². The topological polar surface area (TPSA) is 73.2 Å². The van der Waals surface area contributed by atoms with Crippen molar-refractivity contribution in [2.75, 3.05) is 39.2 Å². The summed E-state index contributed by atoms with van der Waals surface area (Å²) < 4.78 is 5.20. The van der Waals surface area contributed by atoms with E-state index in [1.807, 2.05) is 67.5 Å². The number of fused-ring (bicyclic) bond motifs is 1. The SMILES string of the molecule is COc1ccc([C@@H]2Sc3ccccc3N(CC(O)CN(C)C)C(=O)[C@H]2O)cc1. The number of hydrogen-bond donors (Lipinski definition) is 2. The summed E-state index contributed by atoms with van der Waals surface area (Å²) in [6, 6.07) is 14.9. The second-order valence-electron chi connectivity index (χ2n) is 7.09. The van der Waals surface area contributed by atoms with Crippen LogP contribution in [0.5, 0.6) is 5.75 Å². The molecule has 1 aliphatic heterocycles. The Kier molecular flexibility index (Phi) is 6.61. The molecule has 2 N–H and O–H groups in total. The number of amides is 1. The molecule has 7 heteroatoms. The Labute approximate surface area is 169 Å². The second kappa shape index (κ2) is 8.96. The highest BCUT2D eigenvalue weighted by atomic mass is 32.2. The maximum atomic E-state index is 13.1. The summed E-state index contributed by atoms with van der Waals surface area (Å²) in [5.41, 5.74) is 1.56. The summed E-state index contributed by atoms with van der Waals surface area (Å²) >= 11 is 1.46. The van der Waals surface area contributed by atoms with Crippen LogP contribution in [0.25, 0.3) is 0 Å². The van der Waals surface area contributed by atoms with Gasteiger partial charge in [-0.25, -0.2) is 0 Å². The van der Waals surface area contributed by atoms with Gasteiger partial charge < -0.3 is 24.7 Å². The molecule has 0 aromatic heterocycles. The summed E-state index contributed by atoms with van der Waals surface area (Å²) in [4.78, 5) is 17.4. The van der Waals surface area contributed by atoms with Crippen LogP contribution in [0.15, 0.2) is 53.4 Å². The van der Waals surface area contributed by atoms with Crippen molar-refractivity contribution in [3.8, 4) is 5.75 Å². The van der Waals surface area contributed by atoms with Gasteiger partial charge in [0.1, 0.15) is 11.9 Å². The highest BCUT2D eigenvalue weighted by Crippen LogP contribution is 2.45. The molecule has 0 bridgehead atoms. The summed E-state index contributed by atoms with van der Waals surface area (Å²) in [6.07, 6.45) is -1.95. The number of thioether (sulfide) groups is 1. The van der Waals surface area contributed by atoms with E-state index in [0.717, 1.165) is 16.2 Å². The Morgan fingerprint density at radius 2 is 1.86 bits per heavy atom. The number of para-hydroxylation sites is 1. The van der Waals surface area contributed by atoms with Crippen molar-refractivity contribution in [2.45, 2.75) is 22.4 Å². The van der Waals surface area contributed by atoms with Crippen LogP contribution >= 0.6 is 11.8 Å². The Hall–Kier alpha value is -2.06. The van der Waals surface area contributed by atoms with E-state index < -0.39 is 23.4 Å². The lowest BCUT2D eigenvalue weighted by Gasteiger charge is -2.28. The van der Waals surface area contributed by atoms with E-state index in [1.165, 1.54) is 16.7 Å². The minimum atomic E-state index is -1.22. The van der Waals surface area contributed by atoms with Crippen molar-refractivity contribution in [3.63, 3.8) is 0 Å². The molecule has 0 radical (unpaired) electrons. The Morgan fingerprint density at radius 3 is 2.50 bits per heavy atom. The normalized spacial score (nSPS) is 20.6. The summed E-state index contributed by atoms with van der Waals surface area (Å²) in [5, 5.41) is 20.8. The van der Waals surface area contributed by atoms with Gasteiger partial charge in [0.15, 0.2) is 0 Å². The zero-order valence-electron chi connectivity index (χ0n) is 16.3. The summed E-state index contributed by atoms with van der Waals surface area (Å²) in [5.74, 6) is 0.313. The fraction of sp³-hybridized carbons (Fsp3) is 0.381. The highest BCUT2D eigenvalue weighted by Gasteiger charge is 2.37. The highest BCUT2D eigenvalue weighted by molar-refractivity contribution is 7.99. The van der Waals surface area contributed by atoms with Gasteiger partial charge >= 0.3 is 0 Å². The second-order valence-corrected chi connectivity index (χ2v) is 8.27. The lowest BCUT2D eigenvalue weighted by molar-refractivity contribution is -0.127. The first-order valence-electron chi connectivity index (χ1n) is 9.12. The molecule has 0 spiro atoms. The molecule has 1 unspecified atom stereocenters. The van der Waals surface area contributed by atoms with Crippen molar-refractivity contribution in [2.24, 2.45) is 0 Å². The number of β-amino-alcohol motifs (C(OH)–C–C–N with tert-alkyl or cyclic N) is 1. The number of ether oxygens (including phenoxy) is 1. The third kappa shape index (κ3) is 4.50. The zero-order chi connectivity index (χ0) is 20.3. The molecule has 28 heavy (non-hydrogen) atoms. The maximum Gasteiger partial charge on any atom is 0.257 e. The monoisotopic (exact) mass is 402 g/mol. The van der Waals surface area contributed by atoms with Crippen LogP contribution in [-0.2, 0) is 4.79 Å². The van der Waals surface area contributed by atoms with Gasteiger partial charge in [-0.05, 0) is 43.9 Å². The van der Waals surface area contributed by atoms with Crippen LogP contribution in [-0.4, -0.2) is 67.5 Å². The maximum absolute atomic E-state index is 13.1. The molecule has 0 aliphatic carbocycles. The molecule has 6 nitrogen and oxygen atoms in total. The molecular weight excluding hydrogens is 376 g/mol. The number of hydrogen-bond acceptors (Lipinski definition) is 6. The van der Waals surface area contributed by atoms with Crippen molar-refractivity contribution < 1.29 is 19.7 Å².